The summed E-state index contributed by atoms with van der Waals surface area (Å²) < 4.78 is 0. The predicted octanol–water partition coefficient (Wildman–Crippen LogP) is 3.65. The maximum absolute atomic E-state index is 11.5. The van der Waals surface area contributed by atoms with Crippen molar-refractivity contribution in [3.8, 4) is 11.3 Å². The van der Waals surface area contributed by atoms with Gasteiger partial charge in [0.15, 0.2) is 0 Å². The number of aromatic nitrogens is 2. The summed E-state index contributed by atoms with van der Waals surface area (Å²) in [5.41, 5.74) is 7.32. The summed E-state index contributed by atoms with van der Waals surface area (Å²) in [6, 6.07) is 18.0. The molecule has 116 valence electrons. The fourth-order valence-electron chi connectivity index (χ4n) is 2.45. The van der Waals surface area contributed by atoms with Crippen molar-refractivity contribution in [2.24, 2.45) is 5.73 Å². The first kappa shape index (κ1) is 15.5. The Balaban J connectivity index is 2.11. The number of nitrogens with two attached hydrogens (primary N) is 1. The molecular formula is C18H17N3OS. The Morgan fingerprint density at radius 1 is 1.04 bits per heavy atom. The summed E-state index contributed by atoms with van der Waals surface area (Å²) in [7, 11) is 0. The zero-order valence-corrected chi connectivity index (χ0v) is 13.6. The number of hydrogen-bond donors (Lipinski definition) is 1. The molecule has 0 spiro atoms. The molecule has 0 bridgehead atoms. The van der Waals surface area contributed by atoms with Gasteiger partial charge in [0.05, 0.1) is 5.25 Å². The maximum Gasteiger partial charge on any atom is 0.230 e. The van der Waals surface area contributed by atoms with E-state index in [0.29, 0.717) is 6.42 Å². The molecule has 0 aliphatic rings. The first-order valence-electron chi connectivity index (χ1n) is 7.47. The van der Waals surface area contributed by atoms with Crippen molar-refractivity contribution >= 4 is 28.4 Å². The molecule has 0 saturated heterocycles. The van der Waals surface area contributed by atoms with E-state index in [-0.39, 0.29) is 11.2 Å². The topological polar surface area (TPSA) is 68.9 Å². The molecule has 1 aromatic heterocycles. The number of carbonyl (C=O) groups is 1. The van der Waals surface area contributed by atoms with Crippen LogP contribution in [0, 0.1) is 0 Å². The fraction of sp³-hybridized carbons (Fsp3) is 0.167. The molecule has 0 aliphatic carbocycles. The van der Waals surface area contributed by atoms with Crippen molar-refractivity contribution in [3.05, 3.63) is 54.6 Å². The van der Waals surface area contributed by atoms with E-state index in [0.717, 1.165) is 27.1 Å². The molecule has 0 radical (unpaired) electrons. The van der Waals surface area contributed by atoms with Crippen molar-refractivity contribution < 1.29 is 4.79 Å². The molecule has 23 heavy (non-hydrogen) atoms. The van der Waals surface area contributed by atoms with Crippen LogP contribution in [0.1, 0.15) is 13.3 Å². The molecule has 0 saturated carbocycles. The number of nitrogens with zero attached hydrogens (tertiary/aromatic N) is 2. The smallest absolute Gasteiger partial charge is 0.230 e. The van der Waals surface area contributed by atoms with E-state index in [1.165, 1.54) is 11.8 Å². The van der Waals surface area contributed by atoms with E-state index in [1.807, 2.05) is 61.5 Å². The fourth-order valence-corrected chi connectivity index (χ4v) is 3.40. The third kappa shape index (κ3) is 3.19. The molecule has 2 N–H and O–H groups in total. The average Bonchev–Trinajstić information content (AvgIpc) is 2.60. The van der Waals surface area contributed by atoms with E-state index in [1.54, 1.807) is 0 Å². The summed E-state index contributed by atoms with van der Waals surface area (Å²) in [6.45, 7) is 1.94. The Labute approximate surface area is 139 Å². The minimum atomic E-state index is -0.324. The van der Waals surface area contributed by atoms with Gasteiger partial charge in [0.2, 0.25) is 5.91 Å². The standard InChI is InChI=1S/C18H17N3OS/c1-2-15(17(19)22)23-18-14-11-7-6-10-13(14)16(20-21-18)12-8-4-3-5-9-12/h3-11,15H,2H2,1H3,(H2,19,22)/t15-/m1/s1. The predicted molar refractivity (Wildman–Crippen MR) is 94.1 cm³/mol. The van der Waals surface area contributed by atoms with Gasteiger partial charge >= 0.3 is 0 Å². The highest BCUT2D eigenvalue weighted by Crippen LogP contribution is 2.33. The van der Waals surface area contributed by atoms with Gasteiger partial charge in [-0.1, -0.05) is 73.3 Å². The Morgan fingerprint density at radius 3 is 2.35 bits per heavy atom. The van der Waals surface area contributed by atoms with Crippen LogP contribution in [0.3, 0.4) is 0 Å². The second-order valence-electron chi connectivity index (χ2n) is 5.18. The minimum Gasteiger partial charge on any atom is -0.369 e. The van der Waals surface area contributed by atoms with Crippen LogP contribution in [0.2, 0.25) is 0 Å². The van der Waals surface area contributed by atoms with Gasteiger partial charge in [-0.15, -0.1) is 10.2 Å². The molecule has 0 unspecified atom stereocenters. The number of fused-ring (bicyclic) bond motifs is 1. The van der Waals surface area contributed by atoms with Crippen molar-refractivity contribution in [1.29, 1.82) is 0 Å². The molecule has 5 heteroatoms. The van der Waals surface area contributed by atoms with Crippen LogP contribution in [0.15, 0.2) is 59.6 Å². The highest BCUT2D eigenvalue weighted by Gasteiger charge is 2.18. The van der Waals surface area contributed by atoms with Crippen molar-refractivity contribution in [1.82, 2.24) is 10.2 Å². The molecule has 0 fully saturated rings. The van der Waals surface area contributed by atoms with Gasteiger partial charge < -0.3 is 5.73 Å². The van der Waals surface area contributed by atoms with Crippen LogP contribution in [0.4, 0.5) is 0 Å². The zero-order chi connectivity index (χ0) is 16.2. The second kappa shape index (κ2) is 6.79. The molecule has 1 amide bonds. The minimum absolute atomic E-state index is 0.296. The SMILES string of the molecule is CC[C@@H](Sc1nnc(-c2ccccc2)c2ccccc12)C(N)=O. The second-order valence-corrected chi connectivity index (χ2v) is 6.37. The van der Waals surface area contributed by atoms with Crippen LogP contribution in [0.25, 0.3) is 22.0 Å². The van der Waals surface area contributed by atoms with E-state index >= 15 is 0 Å². The molecule has 1 atom stereocenters. The quantitative estimate of drug-likeness (QED) is 0.728. The van der Waals surface area contributed by atoms with E-state index < -0.39 is 0 Å². The number of thioether (sulfide) groups is 1. The number of primary amides is 1. The van der Waals surface area contributed by atoms with Crippen LogP contribution in [-0.2, 0) is 4.79 Å². The molecular weight excluding hydrogens is 306 g/mol. The molecule has 4 nitrogen and oxygen atoms in total. The first-order chi connectivity index (χ1) is 11.2. The molecule has 3 aromatic rings. The van der Waals surface area contributed by atoms with Crippen LogP contribution < -0.4 is 5.73 Å². The summed E-state index contributed by atoms with van der Waals surface area (Å²) in [5.74, 6) is -0.324. The third-order valence-corrected chi connectivity index (χ3v) is 5.02. The lowest BCUT2D eigenvalue weighted by atomic mass is 10.1. The van der Waals surface area contributed by atoms with Crippen molar-refractivity contribution in [2.75, 3.05) is 0 Å². The van der Waals surface area contributed by atoms with Crippen LogP contribution >= 0.6 is 11.8 Å². The molecule has 2 aromatic carbocycles. The third-order valence-electron chi connectivity index (χ3n) is 3.64. The zero-order valence-electron chi connectivity index (χ0n) is 12.8. The number of amides is 1. The van der Waals surface area contributed by atoms with Crippen LogP contribution in [-0.4, -0.2) is 21.4 Å². The highest BCUT2D eigenvalue weighted by atomic mass is 32.2. The molecule has 1 heterocycles. The van der Waals surface area contributed by atoms with Gasteiger partial charge in [-0.3, -0.25) is 4.79 Å². The first-order valence-corrected chi connectivity index (χ1v) is 8.35. The summed E-state index contributed by atoms with van der Waals surface area (Å²) >= 11 is 1.38. The van der Waals surface area contributed by atoms with Gasteiger partial charge in [-0.25, -0.2) is 0 Å². The average molecular weight is 323 g/mol. The number of carbonyl (C=O) groups excluding carboxylic acids is 1. The van der Waals surface area contributed by atoms with Gasteiger partial charge in [0.1, 0.15) is 10.7 Å². The van der Waals surface area contributed by atoms with Gasteiger partial charge in [0, 0.05) is 16.3 Å². The number of benzene rings is 2. The van der Waals surface area contributed by atoms with Crippen molar-refractivity contribution in [3.63, 3.8) is 0 Å². The van der Waals surface area contributed by atoms with Crippen LogP contribution in [0.5, 0.6) is 0 Å². The van der Waals surface area contributed by atoms with Crippen molar-refractivity contribution in [2.45, 2.75) is 23.6 Å². The molecule has 0 aliphatic heterocycles. The van der Waals surface area contributed by atoms with Gasteiger partial charge in [0.25, 0.3) is 0 Å². The summed E-state index contributed by atoms with van der Waals surface area (Å²) in [6.07, 6.45) is 0.663. The van der Waals surface area contributed by atoms with E-state index in [2.05, 4.69) is 10.2 Å². The lowest BCUT2D eigenvalue weighted by Gasteiger charge is -2.12. The Morgan fingerprint density at radius 2 is 1.70 bits per heavy atom. The van der Waals surface area contributed by atoms with E-state index in [9.17, 15) is 4.79 Å². The van der Waals surface area contributed by atoms with Gasteiger partial charge in [-0.05, 0) is 6.42 Å². The monoisotopic (exact) mass is 323 g/mol. The highest BCUT2D eigenvalue weighted by molar-refractivity contribution is 8.00. The normalized spacial score (nSPS) is 12.2. The maximum atomic E-state index is 11.5. The lowest BCUT2D eigenvalue weighted by Crippen LogP contribution is -2.25. The Hall–Kier alpha value is -2.40. The Bertz CT molecular complexity index is 836. The Kier molecular flexibility index (Phi) is 4.57. The number of rotatable bonds is 5. The largest absolute Gasteiger partial charge is 0.369 e. The summed E-state index contributed by atoms with van der Waals surface area (Å²) in [4.78, 5) is 11.5. The number of hydrogen-bond acceptors (Lipinski definition) is 4. The van der Waals surface area contributed by atoms with Gasteiger partial charge in [-0.2, -0.15) is 0 Å². The van der Waals surface area contributed by atoms with E-state index in [4.69, 9.17) is 5.73 Å². The molecule has 3 rings (SSSR count). The lowest BCUT2D eigenvalue weighted by molar-refractivity contribution is -0.117. The summed E-state index contributed by atoms with van der Waals surface area (Å²) in [5, 5.41) is 11.2.